The first-order valence-corrected chi connectivity index (χ1v) is 19.1. The van der Waals surface area contributed by atoms with Gasteiger partial charge in [-0.3, -0.25) is 0 Å². The quantitative estimate of drug-likeness (QED) is 0.168. The Labute approximate surface area is 324 Å². The Morgan fingerprint density at radius 1 is 0.321 bits per heavy atom. The molecule has 0 unspecified atom stereocenters. The monoisotopic (exact) mass is 736 g/mol. The zero-order valence-electron chi connectivity index (χ0n) is 29.7. The molecule has 11 aromatic rings. The number of aromatic nitrogens is 6. The fourth-order valence-electron chi connectivity index (χ4n) is 7.26. The van der Waals surface area contributed by atoms with Gasteiger partial charge in [-0.15, -0.1) is 11.3 Å². The van der Waals surface area contributed by atoms with Crippen molar-refractivity contribution in [3.05, 3.63) is 170 Å². The Bertz CT molecular complexity index is 3200. The van der Waals surface area contributed by atoms with E-state index in [1.165, 1.54) is 0 Å². The molecule has 7 nitrogen and oxygen atoms in total. The van der Waals surface area contributed by atoms with Crippen molar-refractivity contribution in [3.63, 3.8) is 0 Å². The standard InChI is InChI=1S/C48H28N6OS/c1-4-13-29(14-5-1)43-49-44(30-15-6-2-7-16-30)51-47(50-43)33-23-25-35-36-20-12-21-37(42(36)56-41(35)28-33)48-53-45(31-17-8-3-9-18-31)52-46(54-48)32-24-26-40-38(27-32)34-19-10-11-22-39(34)55-40/h1-28H. The lowest BCUT2D eigenvalue weighted by molar-refractivity contribution is 0.669. The van der Waals surface area contributed by atoms with E-state index in [4.69, 9.17) is 34.3 Å². The largest absolute Gasteiger partial charge is 0.456 e. The van der Waals surface area contributed by atoms with Crippen molar-refractivity contribution in [3.8, 4) is 68.3 Å². The molecule has 4 aromatic heterocycles. The average Bonchev–Trinajstić information content (AvgIpc) is 3.85. The molecule has 0 aliphatic rings. The van der Waals surface area contributed by atoms with Crippen LogP contribution in [0.4, 0.5) is 0 Å². The molecule has 7 aromatic carbocycles. The van der Waals surface area contributed by atoms with Crippen LogP contribution in [-0.2, 0) is 0 Å². The second-order valence-electron chi connectivity index (χ2n) is 13.5. The van der Waals surface area contributed by atoms with Gasteiger partial charge in [0.2, 0.25) is 0 Å². The van der Waals surface area contributed by atoms with Crippen molar-refractivity contribution in [2.24, 2.45) is 0 Å². The molecule has 0 N–H and O–H groups in total. The van der Waals surface area contributed by atoms with E-state index in [-0.39, 0.29) is 0 Å². The molecule has 0 atom stereocenters. The van der Waals surface area contributed by atoms with Crippen LogP contribution in [0.2, 0.25) is 0 Å². The van der Waals surface area contributed by atoms with Gasteiger partial charge in [-0.1, -0.05) is 133 Å². The molecule has 0 bridgehead atoms. The second-order valence-corrected chi connectivity index (χ2v) is 14.6. The maximum absolute atomic E-state index is 6.13. The van der Waals surface area contributed by atoms with Crippen LogP contribution >= 0.6 is 11.3 Å². The summed E-state index contributed by atoms with van der Waals surface area (Å²) in [5, 5.41) is 4.36. The Kier molecular flexibility index (Phi) is 7.53. The smallest absolute Gasteiger partial charge is 0.165 e. The third kappa shape index (κ3) is 5.59. The van der Waals surface area contributed by atoms with Gasteiger partial charge in [0.15, 0.2) is 34.9 Å². The summed E-state index contributed by atoms with van der Waals surface area (Å²) in [6.45, 7) is 0. The van der Waals surface area contributed by atoms with E-state index in [9.17, 15) is 0 Å². The minimum atomic E-state index is 0.597. The van der Waals surface area contributed by atoms with Gasteiger partial charge in [-0.05, 0) is 36.4 Å². The normalized spacial score (nSPS) is 11.6. The van der Waals surface area contributed by atoms with Crippen molar-refractivity contribution in [2.45, 2.75) is 0 Å². The average molecular weight is 737 g/mol. The van der Waals surface area contributed by atoms with Crippen LogP contribution in [0.25, 0.3) is 110 Å². The molecule has 0 amide bonds. The summed E-state index contributed by atoms with van der Waals surface area (Å²) in [6.07, 6.45) is 0. The van der Waals surface area contributed by atoms with Gasteiger partial charge >= 0.3 is 0 Å². The number of hydrogen-bond acceptors (Lipinski definition) is 8. The first kappa shape index (κ1) is 32.0. The highest BCUT2D eigenvalue weighted by Gasteiger charge is 2.19. The van der Waals surface area contributed by atoms with E-state index in [0.29, 0.717) is 34.9 Å². The molecule has 0 spiro atoms. The van der Waals surface area contributed by atoms with Gasteiger partial charge < -0.3 is 4.42 Å². The number of para-hydroxylation sites is 1. The number of furan rings is 1. The predicted molar refractivity (Wildman–Crippen MR) is 226 cm³/mol. The van der Waals surface area contributed by atoms with Crippen LogP contribution in [0.15, 0.2) is 174 Å². The van der Waals surface area contributed by atoms with Crippen molar-refractivity contribution >= 4 is 53.4 Å². The number of rotatable bonds is 6. The van der Waals surface area contributed by atoms with Gasteiger partial charge in [-0.2, -0.15) is 0 Å². The molecule has 0 aliphatic heterocycles. The van der Waals surface area contributed by atoms with Crippen LogP contribution < -0.4 is 0 Å². The molecule has 4 heterocycles. The molecule has 56 heavy (non-hydrogen) atoms. The molecule has 262 valence electrons. The molecule has 0 saturated heterocycles. The van der Waals surface area contributed by atoms with Crippen molar-refractivity contribution in [1.82, 2.24) is 29.9 Å². The van der Waals surface area contributed by atoms with Gasteiger partial charge in [-0.25, -0.2) is 29.9 Å². The first-order valence-electron chi connectivity index (χ1n) is 18.3. The number of hydrogen-bond donors (Lipinski definition) is 0. The molecular weight excluding hydrogens is 709 g/mol. The first-order chi connectivity index (χ1) is 27.7. The zero-order valence-corrected chi connectivity index (χ0v) is 30.5. The predicted octanol–water partition coefficient (Wildman–Crippen LogP) is 12.3. The van der Waals surface area contributed by atoms with Crippen LogP contribution in [0, 0.1) is 0 Å². The van der Waals surface area contributed by atoms with E-state index in [1.54, 1.807) is 11.3 Å². The molecule has 8 heteroatoms. The number of thiophene rings is 1. The van der Waals surface area contributed by atoms with E-state index in [2.05, 4.69) is 48.5 Å². The maximum Gasteiger partial charge on any atom is 0.165 e. The van der Waals surface area contributed by atoms with Gasteiger partial charge in [0.05, 0.1) is 0 Å². The Hall–Kier alpha value is -7.42. The molecule has 0 saturated carbocycles. The van der Waals surface area contributed by atoms with E-state index < -0.39 is 0 Å². The van der Waals surface area contributed by atoms with Gasteiger partial charge in [0.25, 0.3) is 0 Å². The number of fused-ring (bicyclic) bond motifs is 6. The zero-order chi connectivity index (χ0) is 37.0. The number of benzene rings is 7. The summed E-state index contributed by atoms with van der Waals surface area (Å²) in [7, 11) is 0. The Morgan fingerprint density at radius 3 is 1.43 bits per heavy atom. The highest BCUT2D eigenvalue weighted by molar-refractivity contribution is 7.26. The van der Waals surface area contributed by atoms with Crippen LogP contribution in [-0.4, -0.2) is 29.9 Å². The van der Waals surface area contributed by atoms with Gasteiger partial charge in [0.1, 0.15) is 11.2 Å². The fraction of sp³-hybridized carbons (Fsp3) is 0. The minimum Gasteiger partial charge on any atom is -0.456 e. The Balaban J connectivity index is 1.06. The number of nitrogens with zero attached hydrogens (tertiary/aromatic N) is 6. The lowest BCUT2D eigenvalue weighted by atomic mass is 10.1. The minimum absolute atomic E-state index is 0.597. The van der Waals surface area contributed by atoms with Crippen LogP contribution in [0.5, 0.6) is 0 Å². The molecule has 11 rings (SSSR count). The van der Waals surface area contributed by atoms with E-state index in [0.717, 1.165) is 75.5 Å². The maximum atomic E-state index is 6.13. The van der Waals surface area contributed by atoms with Crippen LogP contribution in [0.1, 0.15) is 0 Å². The van der Waals surface area contributed by atoms with Gasteiger partial charge in [0, 0.05) is 64.3 Å². The Morgan fingerprint density at radius 2 is 0.804 bits per heavy atom. The van der Waals surface area contributed by atoms with Crippen molar-refractivity contribution < 1.29 is 4.42 Å². The summed E-state index contributed by atoms with van der Waals surface area (Å²) in [5.74, 6) is 3.71. The summed E-state index contributed by atoms with van der Waals surface area (Å²) >= 11 is 1.72. The third-order valence-electron chi connectivity index (χ3n) is 10.00. The van der Waals surface area contributed by atoms with Crippen molar-refractivity contribution in [2.75, 3.05) is 0 Å². The van der Waals surface area contributed by atoms with E-state index >= 15 is 0 Å². The molecule has 0 radical (unpaired) electrons. The molecule has 0 aliphatic carbocycles. The lowest BCUT2D eigenvalue weighted by Gasteiger charge is -2.09. The van der Waals surface area contributed by atoms with E-state index in [1.807, 2.05) is 121 Å². The SMILES string of the molecule is c1ccc(-c2nc(-c3ccccc3)nc(-c3ccc4c(c3)sc3c(-c5nc(-c6ccccc6)nc(-c6ccc7oc8ccccc8c7c6)n5)cccc34)n2)cc1. The molecular formula is C48H28N6OS. The summed E-state index contributed by atoms with van der Waals surface area (Å²) in [6, 6.07) is 57.2. The topological polar surface area (TPSA) is 90.5 Å². The summed E-state index contributed by atoms with van der Waals surface area (Å²) < 4.78 is 8.34. The highest BCUT2D eigenvalue weighted by atomic mass is 32.1. The fourth-order valence-corrected chi connectivity index (χ4v) is 8.51. The third-order valence-corrected chi connectivity index (χ3v) is 11.2. The highest BCUT2D eigenvalue weighted by Crippen LogP contribution is 2.41. The summed E-state index contributed by atoms with van der Waals surface area (Å²) in [4.78, 5) is 30.1. The summed E-state index contributed by atoms with van der Waals surface area (Å²) in [5.41, 5.74) is 7.21. The van der Waals surface area contributed by atoms with Crippen molar-refractivity contribution in [1.29, 1.82) is 0 Å². The lowest BCUT2D eigenvalue weighted by Crippen LogP contribution is -2.00. The van der Waals surface area contributed by atoms with Crippen LogP contribution in [0.3, 0.4) is 0 Å². The second kappa shape index (κ2) is 13.2. The molecule has 0 fully saturated rings.